The van der Waals surface area contributed by atoms with Crippen molar-refractivity contribution in [2.45, 2.75) is 33.8 Å². The van der Waals surface area contributed by atoms with Crippen LogP contribution >= 0.6 is 11.3 Å². The third-order valence-corrected chi connectivity index (χ3v) is 5.38. The predicted molar refractivity (Wildman–Crippen MR) is 113 cm³/mol. The smallest absolute Gasteiger partial charge is 0.227 e. The van der Waals surface area contributed by atoms with Gasteiger partial charge in [0.15, 0.2) is 5.96 Å². The highest BCUT2D eigenvalue weighted by molar-refractivity contribution is 7.19. The van der Waals surface area contributed by atoms with Gasteiger partial charge in [0.1, 0.15) is 6.10 Å². The van der Waals surface area contributed by atoms with Crippen LogP contribution < -0.4 is 16.0 Å². The molecule has 1 aromatic heterocycles. The molecule has 1 unspecified atom stereocenters. The topological polar surface area (TPSA) is 85.8 Å². The minimum Gasteiger partial charge on any atom is -0.386 e. The Labute approximate surface area is 165 Å². The second kappa shape index (κ2) is 9.71. The number of hydrogen-bond donors (Lipinski definition) is 4. The van der Waals surface area contributed by atoms with Crippen LogP contribution in [0.25, 0.3) is 10.1 Å². The number of hydrogen-bond acceptors (Lipinski definition) is 4. The van der Waals surface area contributed by atoms with E-state index >= 15 is 0 Å². The van der Waals surface area contributed by atoms with E-state index in [9.17, 15) is 9.90 Å². The highest BCUT2D eigenvalue weighted by Gasteiger charge is 2.27. The maximum atomic E-state index is 12.1. The Balaban J connectivity index is 1.99. The molecular formula is C20H30N4O2S. The predicted octanol–water partition coefficient (Wildman–Crippen LogP) is 2.65. The number of aliphatic imine (C=N–C) groups is 1. The number of carbonyl (C=O) groups is 1. The first-order valence-corrected chi connectivity index (χ1v) is 10.2. The van der Waals surface area contributed by atoms with Crippen molar-refractivity contribution in [1.82, 2.24) is 16.0 Å². The van der Waals surface area contributed by atoms with E-state index in [0.29, 0.717) is 32.1 Å². The molecule has 0 aliphatic carbocycles. The van der Waals surface area contributed by atoms with Gasteiger partial charge in [0.2, 0.25) is 5.91 Å². The molecule has 6 nitrogen and oxygen atoms in total. The van der Waals surface area contributed by atoms with Gasteiger partial charge in [0.05, 0.1) is 12.0 Å². The Morgan fingerprint density at radius 2 is 1.89 bits per heavy atom. The first-order valence-electron chi connectivity index (χ1n) is 9.34. The summed E-state index contributed by atoms with van der Waals surface area (Å²) in [6.07, 6.45) is -0.623. The number of amides is 1. The van der Waals surface area contributed by atoms with Gasteiger partial charge >= 0.3 is 0 Å². The molecule has 1 amide bonds. The molecule has 0 aliphatic heterocycles. The van der Waals surface area contributed by atoms with Crippen LogP contribution in [0.15, 0.2) is 35.3 Å². The first-order chi connectivity index (χ1) is 12.9. The molecule has 148 valence electrons. The molecular weight excluding hydrogens is 360 g/mol. The molecule has 7 heteroatoms. The van der Waals surface area contributed by atoms with Gasteiger partial charge in [0, 0.05) is 29.2 Å². The van der Waals surface area contributed by atoms with Crippen molar-refractivity contribution >= 4 is 33.3 Å². The molecule has 1 heterocycles. The lowest BCUT2D eigenvalue weighted by Crippen LogP contribution is -2.42. The molecule has 0 fully saturated rings. The molecule has 2 aromatic rings. The van der Waals surface area contributed by atoms with Gasteiger partial charge < -0.3 is 21.1 Å². The second-order valence-electron chi connectivity index (χ2n) is 7.02. The monoisotopic (exact) mass is 390 g/mol. The summed E-state index contributed by atoms with van der Waals surface area (Å²) in [5.41, 5.74) is -0.595. The number of guanidine groups is 1. The molecule has 0 saturated carbocycles. The van der Waals surface area contributed by atoms with Crippen LogP contribution in [-0.4, -0.2) is 43.2 Å². The number of aliphatic hydroxyl groups excluding tert-OH is 1. The molecule has 0 bridgehead atoms. The Morgan fingerprint density at radius 3 is 2.56 bits per heavy atom. The Morgan fingerprint density at radius 1 is 1.19 bits per heavy atom. The van der Waals surface area contributed by atoms with E-state index in [1.165, 1.54) is 0 Å². The average Bonchev–Trinajstić information content (AvgIpc) is 3.08. The van der Waals surface area contributed by atoms with Crippen molar-refractivity contribution < 1.29 is 9.90 Å². The van der Waals surface area contributed by atoms with E-state index in [1.54, 1.807) is 11.3 Å². The van der Waals surface area contributed by atoms with Crippen LogP contribution in [-0.2, 0) is 4.79 Å². The third-order valence-electron chi connectivity index (χ3n) is 4.16. The van der Waals surface area contributed by atoms with Crippen LogP contribution in [0.1, 0.15) is 38.7 Å². The number of fused-ring (bicyclic) bond motifs is 1. The van der Waals surface area contributed by atoms with Crippen LogP contribution in [0.5, 0.6) is 0 Å². The summed E-state index contributed by atoms with van der Waals surface area (Å²) in [6, 6.07) is 10.1. The molecule has 0 aliphatic rings. The van der Waals surface area contributed by atoms with Crippen LogP contribution in [0.4, 0.5) is 0 Å². The normalized spacial score (nSPS) is 13.4. The van der Waals surface area contributed by atoms with Gasteiger partial charge in [0.25, 0.3) is 0 Å². The molecule has 1 atom stereocenters. The van der Waals surface area contributed by atoms with Crippen LogP contribution in [0.3, 0.4) is 0 Å². The van der Waals surface area contributed by atoms with E-state index in [1.807, 2.05) is 52.0 Å². The number of nitrogens with zero attached hydrogens (tertiary/aromatic N) is 1. The molecule has 0 spiro atoms. The maximum absolute atomic E-state index is 12.1. The van der Waals surface area contributed by atoms with E-state index in [0.717, 1.165) is 15.0 Å². The SMILES string of the molecule is CCNC(=O)C(C)(C)CN=C(NCC)NCC(O)c1cc2ccccc2s1. The third kappa shape index (κ3) is 5.94. The van der Waals surface area contributed by atoms with E-state index in [2.05, 4.69) is 27.0 Å². The van der Waals surface area contributed by atoms with E-state index in [-0.39, 0.29) is 5.91 Å². The molecule has 1 aromatic carbocycles. The molecule has 0 radical (unpaired) electrons. The average molecular weight is 391 g/mol. The van der Waals surface area contributed by atoms with Crippen LogP contribution in [0, 0.1) is 5.41 Å². The summed E-state index contributed by atoms with van der Waals surface area (Å²) in [7, 11) is 0. The quantitative estimate of drug-likeness (QED) is 0.412. The molecule has 0 saturated heterocycles. The van der Waals surface area contributed by atoms with Gasteiger partial charge in [-0.05, 0) is 45.2 Å². The number of nitrogens with one attached hydrogen (secondary N) is 3. The fraction of sp³-hybridized carbons (Fsp3) is 0.500. The standard InChI is InChI=1S/C20H30N4O2S/c1-5-21-18(26)20(3,4)13-24-19(22-6-2)23-12-15(25)17-11-14-9-7-8-10-16(14)27-17/h7-11,15,25H,5-6,12-13H2,1-4H3,(H,21,26)(H2,22,23,24). The highest BCUT2D eigenvalue weighted by atomic mass is 32.1. The number of rotatable bonds is 8. The first kappa shape index (κ1) is 21.2. The zero-order valence-electron chi connectivity index (χ0n) is 16.5. The number of aliphatic hydroxyl groups is 1. The van der Waals surface area contributed by atoms with Crippen molar-refractivity contribution in [2.75, 3.05) is 26.2 Å². The van der Waals surface area contributed by atoms with Crippen LogP contribution in [0.2, 0.25) is 0 Å². The lowest BCUT2D eigenvalue weighted by Gasteiger charge is -2.22. The molecule has 27 heavy (non-hydrogen) atoms. The van der Waals surface area contributed by atoms with Gasteiger partial charge in [-0.3, -0.25) is 9.79 Å². The Bertz CT molecular complexity index is 752. The summed E-state index contributed by atoms with van der Waals surface area (Å²) in [4.78, 5) is 17.6. The van der Waals surface area contributed by atoms with Gasteiger partial charge in [-0.2, -0.15) is 0 Å². The minimum absolute atomic E-state index is 0.0186. The van der Waals surface area contributed by atoms with Gasteiger partial charge in [-0.1, -0.05) is 18.2 Å². The number of carbonyl (C=O) groups excluding carboxylic acids is 1. The number of benzene rings is 1. The minimum atomic E-state index is -0.623. The summed E-state index contributed by atoms with van der Waals surface area (Å²) >= 11 is 1.59. The summed E-state index contributed by atoms with van der Waals surface area (Å²) < 4.78 is 1.16. The second-order valence-corrected chi connectivity index (χ2v) is 8.14. The summed E-state index contributed by atoms with van der Waals surface area (Å²) in [6.45, 7) is 9.63. The fourth-order valence-corrected chi connectivity index (χ4v) is 3.60. The van der Waals surface area contributed by atoms with E-state index in [4.69, 9.17) is 0 Å². The molecule has 4 N–H and O–H groups in total. The maximum Gasteiger partial charge on any atom is 0.227 e. The highest BCUT2D eigenvalue weighted by Crippen LogP contribution is 2.29. The van der Waals surface area contributed by atoms with E-state index < -0.39 is 11.5 Å². The summed E-state index contributed by atoms with van der Waals surface area (Å²) in [5.74, 6) is 0.574. The fourth-order valence-electron chi connectivity index (χ4n) is 2.55. The van der Waals surface area contributed by atoms with Crippen molar-refractivity contribution in [1.29, 1.82) is 0 Å². The lowest BCUT2D eigenvalue weighted by atomic mass is 9.92. The zero-order chi connectivity index (χ0) is 19.9. The Kier molecular flexibility index (Phi) is 7.62. The molecule has 2 rings (SSSR count). The van der Waals surface area contributed by atoms with Gasteiger partial charge in [-0.15, -0.1) is 11.3 Å². The van der Waals surface area contributed by atoms with Crippen molar-refractivity contribution in [2.24, 2.45) is 10.4 Å². The largest absolute Gasteiger partial charge is 0.386 e. The van der Waals surface area contributed by atoms with Crippen molar-refractivity contribution in [3.8, 4) is 0 Å². The summed E-state index contributed by atoms with van der Waals surface area (Å²) in [5, 5.41) is 20.8. The van der Waals surface area contributed by atoms with Crippen molar-refractivity contribution in [3.05, 3.63) is 35.2 Å². The number of thiophene rings is 1. The zero-order valence-corrected chi connectivity index (χ0v) is 17.3. The Hall–Kier alpha value is -2.12. The van der Waals surface area contributed by atoms with Gasteiger partial charge in [-0.25, -0.2) is 0 Å². The van der Waals surface area contributed by atoms with Crippen molar-refractivity contribution in [3.63, 3.8) is 0 Å². The lowest BCUT2D eigenvalue weighted by molar-refractivity contribution is -0.128.